The minimum atomic E-state index is -3.09. The van der Waals surface area contributed by atoms with E-state index in [0.29, 0.717) is 37.4 Å². The van der Waals surface area contributed by atoms with Crippen molar-refractivity contribution in [2.24, 2.45) is 0 Å². The maximum Gasteiger partial charge on any atom is 0.418 e. The molecule has 2 aromatic carbocycles. The van der Waals surface area contributed by atoms with Crippen molar-refractivity contribution in [3.63, 3.8) is 0 Å². The van der Waals surface area contributed by atoms with Crippen molar-refractivity contribution in [2.75, 3.05) is 25.1 Å². The summed E-state index contributed by atoms with van der Waals surface area (Å²) >= 11 is 3.49. The van der Waals surface area contributed by atoms with Crippen molar-refractivity contribution in [2.45, 2.75) is 24.5 Å². The molecule has 1 amide bonds. The van der Waals surface area contributed by atoms with Gasteiger partial charge in [0.05, 0.1) is 50.5 Å². The van der Waals surface area contributed by atoms with Crippen LogP contribution in [-0.2, 0) is 21.1 Å². The van der Waals surface area contributed by atoms with Gasteiger partial charge in [0.2, 0.25) is 0 Å². The molecule has 10 nitrogen and oxygen atoms in total. The van der Waals surface area contributed by atoms with Crippen LogP contribution in [0.5, 0.6) is 5.75 Å². The van der Waals surface area contributed by atoms with Crippen LogP contribution in [0.15, 0.2) is 52.1 Å². The van der Waals surface area contributed by atoms with Crippen LogP contribution < -0.4 is 14.8 Å². The van der Waals surface area contributed by atoms with Crippen molar-refractivity contribution >= 4 is 54.3 Å². The number of carbonyl (C=O) groups excluding carboxylic acids is 1. The van der Waals surface area contributed by atoms with Gasteiger partial charge >= 0.3 is 6.09 Å². The van der Waals surface area contributed by atoms with E-state index in [0.717, 1.165) is 0 Å². The molecule has 1 heterocycles. The molecule has 4 N–H and O–H groups in total. The summed E-state index contributed by atoms with van der Waals surface area (Å²) in [5, 5.41) is 22.3. The number of hydrogen-bond acceptors (Lipinski definition) is 9. The predicted molar refractivity (Wildman–Crippen MR) is 133 cm³/mol. The number of aliphatic hydroxyl groups excluding tert-OH is 2. The number of rotatable bonds is 10. The molecule has 12 heteroatoms. The number of fused-ring (bicyclic) bond motifs is 1. The highest BCUT2D eigenvalue weighted by Gasteiger charge is 2.15. The number of amides is 1. The van der Waals surface area contributed by atoms with Gasteiger partial charge in [-0.25, -0.2) is 23.7 Å². The maximum absolute atomic E-state index is 12.8. The molecule has 34 heavy (non-hydrogen) atoms. The highest BCUT2D eigenvalue weighted by molar-refractivity contribution is 9.10. The summed E-state index contributed by atoms with van der Waals surface area (Å²) in [6.45, 7) is 1.45. The third-order valence-corrected chi connectivity index (χ3v) is 6.80. The summed E-state index contributed by atoms with van der Waals surface area (Å²) < 4.78 is 26.5. The van der Waals surface area contributed by atoms with Crippen LogP contribution >= 0.6 is 15.9 Å². The number of ether oxygens (including phenoxy) is 2. The highest BCUT2D eigenvalue weighted by Crippen LogP contribution is 2.33. The lowest BCUT2D eigenvalue weighted by molar-refractivity contribution is 0.159. The minimum absolute atomic E-state index is 0.153. The molecule has 0 saturated heterocycles. The monoisotopic (exact) mass is 552 g/mol. The first-order chi connectivity index (χ1) is 16.3. The zero-order valence-electron chi connectivity index (χ0n) is 18.4. The lowest BCUT2D eigenvalue weighted by Gasteiger charge is -2.16. The van der Waals surface area contributed by atoms with E-state index in [1.807, 2.05) is 0 Å². The second kappa shape index (κ2) is 11.5. The third-order valence-electron chi connectivity index (χ3n) is 4.67. The number of anilines is 1. The van der Waals surface area contributed by atoms with E-state index in [2.05, 4.69) is 41.8 Å². The van der Waals surface area contributed by atoms with Gasteiger partial charge in [-0.15, -0.1) is 0 Å². The van der Waals surface area contributed by atoms with E-state index in [1.165, 1.54) is 6.33 Å². The molecule has 0 saturated carbocycles. The number of carbonyl (C=O) groups is 1. The molecule has 0 fully saturated rings. The Labute approximate surface area is 205 Å². The van der Waals surface area contributed by atoms with E-state index in [-0.39, 0.29) is 26.4 Å². The Bertz CT molecular complexity index is 1270. The molecule has 1 unspecified atom stereocenters. The van der Waals surface area contributed by atoms with Gasteiger partial charge in [-0.1, -0.05) is 12.1 Å². The van der Waals surface area contributed by atoms with Crippen LogP contribution in [0, 0.1) is 0 Å². The minimum Gasteiger partial charge on any atom is -0.488 e. The summed E-state index contributed by atoms with van der Waals surface area (Å²) in [7, 11) is -3.09. The van der Waals surface area contributed by atoms with Crippen molar-refractivity contribution in [1.29, 1.82) is 0 Å². The first-order valence-electron chi connectivity index (χ1n) is 10.2. The van der Waals surface area contributed by atoms with Gasteiger partial charge in [-0.3, -0.25) is 0 Å². The Balaban J connectivity index is 1.79. The summed E-state index contributed by atoms with van der Waals surface area (Å²) in [6, 6.07) is 9.70. The van der Waals surface area contributed by atoms with Crippen LogP contribution in [0.2, 0.25) is 0 Å². The first-order valence-corrected chi connectivity index (χ1v) is 12.8. The number of aromatic nitrogens is 2. The Kier molecular flexibility index (Phi) is 8.67. The molecule has 1 aromatic heterocycles. The molecular formula is C22H25BrN4O6S. The largest absolute Gasteiger partial charge is 0.488 e. The predicted octanol–water partition coefficient (Wildman–Crippen LogP) is 2.47. The Morgan fingerprint density at radius 3 is 2.71 bits per heavy atom. The van der Waals surface area contributed by atoms with Crippen molar-refractivity contribution in [1.82, 2.24) is 14.7 Å². The summed E-state index contributed by atoms with van der Waals surface area (Å²) in [5.74, 6) is 4.61. The van der Waals surface area contributed by atoms with E-state index in [9.17, 15) is 19.2 Å². The number of halogens is 1. The first kappa shape index (κ1) is 25.7. The standard InChI is InChI=1S/C22H25BrN4O6S/c1-3-32-22(30)27-34(2,31)16-6-4-5-14(7-16)12-33-20-9-19-17(8-18(20)23)21(25-13-24-19)26-15(10-28)11-29/h4-9,13,15,28-29H,2-3,10-12H2,1H3,(H,24,25,26)(H,27,30,31). The molecule has 3 rings (SSSR count). The van der Waals surface area contributed by atoms with E-state index in [4.69, 9.17) is 9.47 Å². The van der Waals surface area contributed by atoms with Gasteiger partial charge in [0, 0.05) is 11.5 Å². The molecule has 0 spiro atoms. The average Bonchev–Trinajstić information content (AvgIpc) is 2.81. The molecular weight excluding hydrogens is 528 g/mol. The van der Waals surface area contributed by atoms with Gasteiger partial charge < -0.3 is 25.0 Å². The van der Waals surface area contributed by atoms with Crippen LogP contribution in [0.25, 0.3) is 10.9 Å². The quantitative estimate of drug-likeness (QED) is 0.279. The number of hydrogen-bond donors (Lipinski definition) is 4. The normalized spacial score (nSPS) is 12.9. The van der Waals surface area contributed by atoms with E-state index in [1.54, 1.807) is 43.3 Å². The number of benzene rings is 2. The zero-order chi connectivity index (χ0) is 24.7. The number of nitrogens with one attached hydrogen (secondary N) is 2. The number of nitrogens with zero attached hydrogens (tertiary/aromatic N) is 2. The summed E-state index contributed by atoms with van der Waals surface area (Å²) in [6.07, 6.45) is 0.573. The second-order valence-corrected chi connectivity index (χ2v) is 10.0. The fourth-order valence-electron chi connectivity index (χ4n) is 2.98. The third kappa shape index (κ3) is 6.35. The van der Waals surface area contributed by atoms with E-state index >= 15 is 0 Å². The molecule has 1 atom stereocenters. The Hall–Kier alpha value is -2.93. The lowest BCUT2D eigenvalue weighted by Crippen LogP contribution is -2.31. The number of aliphatic hydroxyl groups is 2. The highest BCUT2D eigenvalue weighted by atomic mass is 79.9. The summed E-state index contributed by atoms with van der Waals surface area (Å²) in [4.78, 5) is 20.5. The molecule has 182 valence electrons. The fourth-order valence-corrected chi connectivity index (χ4v) is 4.53. The molecule has 0 radical (unpaired) electrons. The van der Waals surface area contributed by atoms with Gasteiger partial charge in [0.1, 0.15) is 24.5 Å². The van der Waals surface area contributed by atoms with Crippen LogP contribution in [0.3, 0.4) is 0 Å². The van der Waals surface area contributed by atoms with Gasteiger partial charge in [0.25, 0.3) is 0 Å². The topological polar surface area (TPSA) is 143 Å². The van der Waals surface area contributed by atoms with Crippen molar-refractivity contribution in [3.8, 4) is 5.75 Å². The lowest BCUT2D eigenvalue weighted by atomic mass is 10.2. The van der Waals surface area contributed by atoms with E-state index < -0.39 is 21.8 Å². The van der Waals surface area contributed by atoms with Gasteiger partial charge in [-0.2, -0.15) is 0 Å². The van der Waals surface area contributed by atoms with Crippen LogP contribution in [-0.4, -0.2) is 62.2 Å². The molecule has 0 aliphatic carbocycles. The SMILES string of the molecule is C=S(=O)(NC(=O)OCC)c1cccc(COc2cc3ncnc(NC(CO)CO)c3cc2Br)c1. The average molecular weight is 553 g/mol. The molecule has 0 bridgehead atoms. The molecule has 0 aliphatic rings. The van der Waals surface area contributed by atoms with Gasteiger partial charge in [0.15, 0.2) is 0 Å². The maximum atomic E-state index is 12.8. The molecule has 0 aliphatic heterocycles. The van der Waals surface area contributed by atoms with Crippen LogP contribution in [0.4, 0.5) is 10.6 Å². The zero-order valence-corrected chi connectivity index (χ0v) is 20.8. The van der Waals surface area contributed by atoms with Crippen molar-refractivity contribution < 1.29 is 28.7 Å². The fraction of sp³-hybridized carbons (Fsp3) is 0.273. The Morgan fingerprint density at radius 1 is 1.24 bits per heavy atom. The second-order valence-electron chi connectivity index (χ2n) is 7.16. The summed E-state index contributed by atoms with van der Waals surface area (Å²) in [5.41, 5.74) is 1.31. The molecule has 3 aromatic rings. The van der Waals surface area contributed by atoms with Crippen LogP contribution in [0.1, 0.15) is 12.5 Å². The van der Waals surface area contributed by atoms with Gasteiger partial charge in [-0.05, 0) is 52.5 Å². The smallest absolute Gasteiger partial charge is 0.418 e. The van der Waals surface area contributed by atoms with Crippen molar-refractivity contribution in [3.05, 3.63) is 52.8 Å². The Morgan fingerprint density at radius 2 is 2.00 bits per heavy atom.